The molecule has 1 aromatic heterocycles. The Balaban J connectivity index is 1.42. The lowest BCUT2D eigenvalue weighted by molar-refractivity contribution is -0.244. The Morgan fingerprint density at radius 3 is 2.35 bits per heavy atom. The van der Waals surface area contributed by atoms with Crippen molar-refractivity contribution in [3.8, 4) is 11.6 Å². The second-order valence-electron chi connectivity index (χ2n) is 18.4. The van der Waals surface area contributed by atoms with Crippen molar-refractivity contribution in [3.05, 3.63) is 36.0 Å². The third kappa shape index (κ3) is 10.9. The van der Waals surface area contributed by atoms with Crippen LogP contribution in [-0.4, -0.2) is 114 Å². The number of carbonyl (C=O) groups excluding carboxylic acids is 4. The molecule has 1 aromatic carbocycles. The van der Waals surface area contributed by atoms with Gasteiger partial charge in [-0.25, -0.2) is 23.2 Å². The van der Waals surface area contributed by atoms with Crippen molar-refractivity contribution in [2.75, 3.05) is 20.3 Å². The summed E-state index contributed by atoms with van der Waals surface area (Å²) in [6.07, 6.45) is -9.09. The SMILES string of the molecule is COC[C@@H]1C[C@H](C)CC/C=C\[C@@H]2C[C@@]2(C(=O)NS(=O)(=O)C2(C)CC2)NC(=O)[C@@H]2C[C@@H](Oc3nc4cc(OC(C)C)ccc4nc3C(F)(F)F)CN2C(=O)[C@H]1NC(=O)OC(C)(C)C(F)(F)F. The Morgan fingerprint density at radius 1 is 1.05 bits per heavy atom. The predicted molar refractivity (Wildman–Crippen MR) is 220 cm³/mol. The van der Waals surface area contributed by atoms with Gasteiger partial charge >= 0.3 is 18.4 Å². The molecule has 7 atom stereocenters. The zero-order valence-electron chi connectivity index (χ0n) is 36.9. The van der Waals surface area contributed by atoms with Crippen molar-refractivity contribution in [3.63, 3.8) is 0 Å². The molecular weight excluding hydrogens is 895 g/mol. The van der Waals surface area contributed by atoms with Gasteiger partial charge in [0.2, 0.25) is 39.0 Å². The minimum atomic E-state index is -5.12. The summed E-state index contributed by atoms with van der Waals surface area (Å²) in [5, 5.41) is 4.90. The first-order chi connectivity index (χ1) is 30.1. The lowest BCUT2D eigenvalue weighted by Gasteiger charge is -2.35. The molecule has 360 valence electrons. The summed E-state index contributed by atoms with van der Waals surface area (Å²) < 4.78 is 135. The van der Waals surface area contributed by atoms with E-state index >= 15 is 0 Å². The van der Waals surface area contributed by atoms with Crippen LogP contribution in [0.5, 0.6) is 11.6 Å². The fourth-order valence-corrected chi connectivity index (χ4v) is 9.34. The van der Waals surface area contributed by atoms with Gasteiger partial charge in [0.15, 0.2) is 0 Å². The molecule has 3 N–H and O–H groups in total. The molecule has 0 spiro atoms. The Bertz CT molecular complexity index is 2310. The third-order valence-electron chi connectivity index (χ3n) is 12.3. The standard InChI is InChI=1S/C42H54F6N6O10S/c1-22(2)62-26-12-13-28-29(17-26)50-34(32(49-28)41(43,44)45)63-27-18-30-33(55)52-40(36(57)53-65(59,60)39(6)14-15-39)19-25(40)11-9-8-10-23(3)16-24(21-61-7)31(35(56)54(30)20-27)51-37(58)64-38(4,5)42(46,47)48/h9,11-13,17,22-25,27,30-31H,8,10,14-16,18-21H2,1-7H3,(H,51,58)(H,52,55)(H,53,57)/b11-9-/t23-,24+,25-,27-,30+,31+,40-/m1/s1. The first-order valence-electron chi connectivity index (χ1n) is 21.2. The summed E-state index contributed by atoms with van der Waals surface area (Å²) in [7, 11) is -2.91. The van der Waals surface area contributed by atoms with Gasteiger partial charge in [-0.15, -0.1) is 0 Å². The van der Waals surface area contributed by atoms with Gasteiger partial charge < -0.3 is 34.5 Å². The summed E-state index contributed by atoms with van der Waals surface area (Å²) in [4.78, 5) is 65.7. The first kappa shape index (κ1) is 49.5. The molecule has 1 saturated heterocycles. The van der Waals surface area contributed by atoms with E-state index in [1.54, 1.807) is 26.0 Å². The van der Waals surface area contributed by atoms with Crippen LogP contribution >= 0.6 is 0 Å². The second-order valence-corrected chi connectivity index (χ2v) is 20.6. The fourth-order valence-electron chi connectivity index (χ4n) is 8.03. The van der Waals surface area contributed by atoms with E-state index in [0.29, 0.717) is 39.5 Å². The number of alkyl carbamates (subject to hydrolysis) is 1. The summed E-state index contributed by atoms with van der Waals surface area (Å²) >= 11 is 0. The number of methoxy groups -OCH3 is 1. The van der Waals surface area contributed by atoms with Gasteiger partial charge in [0.25, 0.3) is 5.91 Å². The number of sulfonamides is 1. The molecule has 3 fully saturated rings. The van der Waals surface area contributed by atoms with Gasteiger partial charge in [-0.1, -0.05) is 19.1 Å². The minimum Gasteiger partial charge on any atom is -0.491 e. The topological polar surface area (TPSA) is 204 Å². The monoisotopic (exact) mass is 948 g/mol. The van der Waals surface area contributed by atoms with E-state index in [1.807, 2.05) is 6.92 Å². The zero-order valence-corrected chi connectivity index (χ0v) is 37.7. The van der Waals surface area contributed by atoms with Crippen LogP contribution in [0.4, 0.5) is 31.1 Å². The smallest absolute Gasteiger partial charge is 0.438 e. The van der Waals surface area contributed by atoms with E-state index < -0.39 is 117 Å². The molecule has 2 aliphatic carbocycles. The number of fused-ring (bicyclic) bond motifs is 3. The number of benzene rings is 1. The highest BCUT2D eigenvalue weighted by Gasteiger charge is 2.63. The van der Waals surface area contributed by atoms with Gasteiger partial charge in [-0.2, -0.15) is 26.3 Å². The number of hydrogen-bond acceptors (Lipinski definition) is 12. The van der Waals surface area contributed by atoms with Gasteiger partial charge in [0, 0.05) is 31.4 Å². The van der Waals surface area contributed by atoms with Crippen LogP contribution in [0.3, 0.4) is 0 Å². The number of nitrogens with one attached hydrogen (secondary N) is 3. The van der Waals surface area contributed by atoms with Crippen LogP contribution in [-0.2, 0) is 40.1 Å². The van der Waals surface area contributed by atoms with Crippen LogP contribution in [0.1, 0.15) is 92.2 Å². The van der Waals surface area contributed by atoms with Crippen LogP contribution in [0.25, 0.3) is 11.0 Å². The quantitative estimate of drug-likeness (QED) is 0.183. The molecule has 0 unspecified atom stereocenters. The van der Waals surface area contributed by atoms with Crippen molar-refractivity contribution in [1.29, 1.82) is 0 Å². The summed E-state index contributed by atoms with van der Waals surface area (Å²) in [6, 6.07) is 0.631. The maximum Gasteiger partial charge on any atom is 0.438 e. The summed E-state index contributed by atoms with van der Waals surface area (Å²) in [5.74, 6) is -5.78. The van der Waals surface area contributed by atoms with Gasteiger partial charge in [-0.3, -0.25) is 19.1 Å². The lowest BCUT2D eigenvalue weighted by atomic mass is 9.87. The number of ether oxygens (including phenoxy) is 4. The molecule has 65 heavy (non-hydrogen) atoms. The average Bonchev–Trinajstić information content (AvgIpc) is 4.06. The molecule has 16 nitrogen and oxygen atoms in total. The number of alkyl halides is 6. The Morgan fingerprint density at radius 2 is 1.74 bits per heavy atom. The van der Waals surface area contributed by atoms with Crippen molar-refractivity contribution in [2.24, 2.45) is 17.8 Å². The highest BCUT2D eigenvalue weighted by Crippen LogP contribution is 2.48. The van der Waals surface area contributed by atoms with Gasteiger partial charge in [-0.05, 0) is 91.2 Å². The molecule has 6 rings (SSSR count). The molecule has 23 heteroatoms. The first-order valence-corrected chi connectivity index (χ1v) is 22.7. The zero-order chi connectivity index (χ0) is 48.1. The molecule has 0 radical (unpaired) electrons. The maximum atomic E-state index is 15.0. The third-order valence-corrected chi connectivity index (χ3v) is 14.4. The number of amides is 4. The second kappa shape index (κ2) is 18.0. The number of carbonyl (C=O) groups is 4. The van der Waals surface area contributed by atoms with E-state index in [0.717, 1.165) is 4.90 Å². The fraction of sp³-hybridized carbons (Fsp3) is 0.667. The molecule has 2 saturated carbocycles. The van der Waals surface area contributed by atoms with Gasteiger partial charge in [0.05, 0.1) is 35.0 Å². The number of rotatable bonds is 11. The van der Waals surface area contributed by atoms with Crippen LogP contribution in [0, 0.1) is 17.8 Å². The highest BCUT2D eigenvalue weighted by atomic mass is 32.2. The van der Waals surface area contributed by atoms with Crippen molar-refractivity contribution >= 4 is 44.9 Å². The van der Waals surface area contributed by atoms with E-state index in [1.165, 1.54) is 32.2 Å². The van der Waals surface area contributed by atoms with Gasteiger partial charge in [0.1, 0.15) is 29.5 Å². The molecular formula is C42H54F6N6O10S. The Hall–Kier alpha value is -4.93. The molecule has 4 amide bonds. The lowest BCUT2D eigenvalue weighted by Crippen LogP contribution is -2.60. The largest absolute Gasteiger partial charge is 0.491 e. The van der Waals surface area contributed by atoms with Crippen LogP contribution < -0.4 is 24.8 Å². The average molecular weight is 949 g/mol. The van der Waals surface area contributed by atoms with Crippen LogP contribution in [0.2, 0.25) is 0 Å². The normalized spacial score (nSPS) is 27.9. The number of aromatic nitrogens is 2. The summed E-state index contributed by atoms with van der Waals surface area (Å²) in [6.45, 7) is 7.10. The predicted octanol–water partition coefficient (Wildman–Crippen LogP) is 5.73. The minimum absolute atomic E-state index is 0.0471. The molecule has 3 heterocycles. The number of nitrogens with zero attached hydrogens (tertiary/aromatic N) is 3. The van der Waals surface area contributed by atoms with E-state index in [2.05, 4.69) is 25.3 Å². The Labute approximate surface area is 372 Å². The van der Waals surface area contributed by atoms with E-state index in [4.69, 9.17) is 18.9 Å². The van der Waals surface area contributed by atoms with E-state index in [9.17, 15) is 53.9 Å². The molecule has 0 bridgehead atoms. The van der Waals surface area contributed by atoms with Crippen molar-refractivity contribution in [1.82, 2.24) is 30.2 Å². The molecule has 4 aliphatic rings. The summed E-state index contributed by atoms with van der Waals surface area (Å²) in [5.41, 5.74) is -6.59. The molecule has 2 aromatic rings. The Kier molecular flexibility index (Phi) is 13.7. The van der Waals surface area contributed by atoms with E-state index in [-0.39, 0.29) is 48.3 Å². The number of allylic oxidation sites excluding steroid dienone is 1. The number of hydrogen-bond donors (Lipinski definition) is 3. The number of halogens is 6. The van der Waals surface area contributed by atoms with Crippen molar-refractivity contribution < 1.29 is 72.9 Å². The molecule has 2 aliphatic heterocycles. The maximum absolute atomic E-state index is 15.0. The highest BCUT2D eigenvalue weighted by molar-refractivity contribution is 7.91. The van der Waals surface area contributed by atoms with Crippen molar-refractivity contribution in [2.45, 2.75) is 139 Å². The van der Waals surface area contributed by atoms with Crippen LogP contribution in [0.15, 0.2) is 30.4 Å².